The van der Waals surface area contributed by atoms with Crippen molar-refractivity contribution >= 4 is 47.2 Å². The summed E-state index contributed by atoms with van der Waals surface area (Å²) in [5.74, 6) is 0.805. The van der Waals surface area contributed by atoms with E-state index >= 15 is 0 Å². The number of hydrogen-bond acceptors (Lipinski definition) is 3. The Morgan fingerprint density at radius 1 is 1.28 bits per heavy atom. The molecule has 0 saturated heterocycles. The third-order valence-electron chi connectivity index (χ3n) is 3.69. The van der Waals surface area contributed by atoms with Crippen LogP contribution in [0.25, 0.3) is 0 Å². The molecule has 0 unspecified atom stereocenters. The SMILES string of the molecule is CN=C(NCCc1cccc(C(=O)NC)c1)N(C)Cc1ccsc1.I. The van der Waals surface area contributed by atoms with Crippen molar-refractivity contribution in [2.24, 2.45) is 4.99 Å². The number of halogens is 1. The van der Waals surface area contributed by atoms with Gasteiger partial charge in [0.15, 0.2) is 5.96 Å². The number of carbonyl (C=O) groups excluding carboxylic acids is 1. The third-order valence-corrected chi connectivity index (χ3v) is 4.42. The lowest BCUT2D eigenvalue weighted by Gasteiger charge is -2.21. The average Bonchev–Trinajstić information content (AvgIpc) is 3.11. The monoisotopic (exact) mass is 472 g/mol. The molecule has 0 fully saturated rings. The van der Waals surface area contributed by atoms with E-state index in [0.717, 1.165) is 31.0 Å². The van der Waals surface area contributed by atoms with Crippen molar-refractivity contribution < 1.29 is 4.79 Å². The standard InChI is InChI=1S/C18H24N4OS.HI/c1-19-17(23)16-6-4-5-14(11-16)7-9-21-18(20-2)22(3)12-15-8-10-24-13-15;/h4-6,8,10-11,13H,7,9,12H2,1-3H3,(H,19,23)(H,20,21);1H. The molecular formula is C18H25IN4OS. The summed E-state index contributed by atoms with van der Waals surface area (Å²) in [6.07, 6.45) is 0.830. The minimum Gasteiger partial charge on any atom is -0.356 e. The van der Waals surface area contributed by atoms with Crippen LogP contribution in [0.2, 0.25) is 0 Å². The van der Waals surface area contributed by atoms with Gasteiger partial charge in [-0.15, -0.1) is 24.0 Å². The number of nitrogens with one attached hydrogen (secondary N) is 2. The first kappa shape index (κ1) is 21.4. The van der Waals surface area contributed by atoms with Gasteiger partial charge < -0.3 is 15.5 Å². The first-order valence-electron chi connectivity index (χ1n) is 7.88. The van der Waals surface area contributed by atoms with Crippen molar-refractivity contribution in [3.05, 3.63) is 57.8 Å². The van der Waals surface area contributed by atoms with E-state index in [4.69, 9.17) is 0 Å². The Morgan fingerprint density at radius 3 is 2.72 bits per heavy atom. The van der Waals surface area contributed by atoms with Gasteiger partial charge in [0.05, 0.1) is 0 Å². The summed E-state index contributed by atoms with van der Waals surface area (Å²) >= 11 is 1.70. The molecule has 0 aliphatic rings. The van der Waals surface area contributed by atoms with Crippen LogP contribution < -0.4 is 10.6 Å². The van der Waals surface area contributed by atoms with Crippen molar-refractivity contribution in [2.75, 3.05) is 27.7 Å². The van der Waals surface area contributed by atoms with Crippen LogP contribution in [-0.4, -0.2) is 44.5 Å². The highest BCUT2D eigenvalue weighted by Crippen LogP contribution is 2.09. The zero-order chi connectivity index (χ0) is 17.4. The first-order valence-corrected chi connectivity index (χ1v) is 8.82. The molecule has 136 valence electrons. The quantitative estimate of drug-likeness (QED) is 0.386. The Hall–Kier alpha value is -1.61. The Labute approximate surface area is 170 Å². The molecule has 1 amide bonds. The van der Waals surface area contributed by atoms with Gasteiger partial charge in [-0.3, -0.25) is 9.79 Å². The highest BCUT2D eigenvalue weighted by atomic mass is 127. The topological polar surface area (TPSA) is 56.7 Å². The van der Waals surface area contributed by atoms with Gasteiger partial charge in [-0.1, -0.05) is 12.1 Å². The summed E-state index contributed by atoms with van der Waals surface area (Å²) < 4.78 is 0. The van der Waals surface area contributed by atoms with Crippen LogP contribution in [0.5, 0.6) is 0 Å². The number of guanidine groups is 1. The first-order chi connectivity index (χ1) is 11.6. The van der Waals surface area contributed by atoms with E-state index < -0.39 is 0 Å². The molecule has 0 bridgehead atoms. The van der Waals surface area contributed by atoms with Crippen LogP contribution in [0.4, 0.5) is 0 Å². The summed E-state index contributed by atoms with van der Waals surface area (Å²) in [7, 11) is 5.46. The van der Waals surface area contributed by atoms with Crippen LogP contribution >= 0.6 is 35.3 Å². The van der Waals surface area contributed by atoms with E-state index in [1.807, 2.05) is 31.3 Å². The Bertz CT molecular complexity index is 688. The van der Waals surface area contributed by atoms with Gasteiger partial charge in [0.25, 0.3) is 5.91 Å². The Morgan fingerprint density at radius 2 is 2.08 bits per heavy atom. The van der Waals surface area contributed by atoms with Gasteiger partial charge in [-0.2, -0.15) is 11.3 Å². The summed E-state index contributed by atoms with van der Waals surface area (Å²) in [5, 5.41) is 10.2. The van der Waals surface area contributed by atoms with E-state index in [1.54, 1.807) is 25.4 Å². The number of aliphatic imine (C=N–C) groups is 1. The Kier molecular flexibility index (Phi) is 9.51. The molecule has 5 nitrogen and oxygen atoms in total. The van der Waals surface area contributed by atoms with Crippen LogP contribution in [0.15, 0.2) is 46.1 Å². The van der Waals surface area contributed by atoms with E-state index in [-0.39, 0.29) is 29.9 Å². The molecule has 0 aliphatic heterocycles. The van der Waals surface area contributed by atoms with E-state index in [1.165, 1.54) is 5.56 Å². The van der Waals surface area contributed by atoms with Gasteiger partial charge in [-0.05, 0) is 46.5 Å². The third kappa shape index (κ3) is 6.66. The van der Waals surface area contributed by atoms with Crippen LogP contribution in [0.3, 0.4) is 0 Å². The molecule has 0 radical (unpaired) electrons. The lowest BCUT2D eigenvalue weighted by atomic mass is 10.1. The second kappa shape index (κ2) is 11.1. The molecule has 0 saturated carbocycles. The van der Waals surface area contributed by atoms with Crippen molar-refractivity contribution in [3.63, 3.8) is 0 Å². The molecule has 1 aromatic heterocycles. The number of rotatable bonds is 6. The zero-order valence-corrected chi connectivity index (χ0v) is 17.9. The molecular weight excluding hydrogens is 447 g/mol. The molecule has 0 atom stereocenters. The molecule has 25 heavy (non-hydrogen) atoms. The number of carbonyl (C=O) groups is 1. The van der Waals surface area contributed by atoms with Crippen LogP contribution in [-0.2, 0) is 13.0 Å². The van der Waals surface area contributed by atoms with Crippen LogP contribution in [0.1, 0.15) is 21.5 Å². The molecule has 2 N–H and O–H groups in total. The minimum atomic E-state index is -0.0592. The second-order valence-electron chi connectivity index (χ2n) is 5.49. The molecule has 1 heterocycles. The maximum atomic E-state index is 11.7. The van der Waals surface area contributed by atoms with Crippen molar-refractivity contribution in [3.8, 4) is 0 Å². The van der Waals surface area contributed by atoms with E-state index in [0.29, 0.717) is 5.56 Å². The van der Waals surface area contributed by atoms with Gasteiger partial charge in [0.1, 0.15) is 0 Å². The highest BCUT2D eigenvalue weighted by molar-refractivity contribution is 14.0. The largest absolute Gasteiger partial charge is 0.356 e. The summed E-state index contributed by atoms with van der Waals surface area (Å²) in [5.41, 5.74) is 3.09. The highest BCUT2D eigenvalue weighted by Gasteiger charge is 2.07. The summed E-state index contributed by atoms with van der Waals surface area (Å²) in [6, 6.07) is 9.82. The molecule has 2 rings (SSSR count). The number of thiophene rings is 1. The molecule has 2 aromatic rings. The smallest absolute Gasteiger partial charge is 0.251 e. The fourth-order valence-electron chi connectivity index (χ4n) is 2.45. The van der Waals surface area contributed by atoms with Crippen molar-refractivity contribution in [2.45, 2.75) is 13.0 Å². The molecule has 7 heteroatoms. The minimum absolute atomic E-state index is 0. The zero-order valence-electron chi connectivity index (χ0n) is 14.8. The van der Waals surface area contributed by atoms with Crippen LogP contribution in [0, 0.1) is 0 Å². The number of hydrogen-bond donors (Lipinski definition) is 2. The number of nitrogens with zero attached hydrogens (tertiary/aromatic N) is 2. The predicted octanol–water partition coefficient (Wildman–Crippen LogP) is 2.98. The fraction of sp³-hybridized carbons (Fsp3) is 0.333. The average molecular weight is 472 g/mol. The fourth-order valence-corrected chi connectivity index (χ4v) is 3.11. The lowest BCUT2D eigenvalue weighted by Crippen LogP contribution is -2.39. The van der Waals surface area contributed by atoms with Gasteiger partial charge in [0, 0.05) is 39.8 Å². The normalized spacial score (nSPS) is 10.8. The van der Waals surface area contributed by atoms with Crippen molar-refractivity contribution in [1.82, 2.24) is 15.5 Å². The maximum Gasteiger partial charge on any atom is 0.251 e. The number of benzene rings is 1. The van der Waals surface area contributed by atoms with Gasteiger partial charge in [-0.25, -0.2) is 0 Å². The molecule has 0 aliphatic carbocycles. The van der Waals surface area contributed by atoms with Crippen molar-refractivity contribution in [1.29, 1.82) is 0 Å². The Balaban J connectivity index is 0.00000312. The molecule has 1 aromatic carbocycles. The van der Waals surface area contributed by atoms with E-state index in [2.05, 4.69) is 37.4 Å². The molecule has 0 spiro atoms. The summed E-state index contributed by atoms with van der Waals surface area (Å²) in [6.45, 7) is 1.59. The summed E-state index contributed by atoms with van der Waals surface area (Å²) in [4.78, 5) is 18.1. The van der Waals surface area contributed by atoms with E-state index in [9.17, 15) is 4.79 Å². The van der Waals surface area contributed by atoms with Gasteiger partial charge in [0.2, 0.25) is 0 Å². The predicted molar refractivity (Wildman–Crippen MR) is 116 cm³/mol. The number of amides is 1. The second-order valence-corrected chi connectivity index (χ2v) is 6.27. The maximum absolute atomic E-state index is 11.7. The van der Waals surface area contributed by atoms with Gasteiger partial charge >= 0.3 is 0 Å². The lowest BCUT2D eigenvalue weighted by molar-refractivity contribution is 0.0963.